The van der Waals surface area contributed by atoms with Gasteiger partial charge in [0.2, 0.25) is 5.78 Å². The molecule has 0 aliphatic heterocycles. The van der Waals surface area contributed by atoms with Gasteiger partial charge in [0, 0.05) is 22.9 Å². The second-order valence-electron chi connectivity index (χ2n) is 2.20. The number of allylic oxidation sites excluding steroid dienone is 4. The zero-order chi connectivity index (χ0) is 8.43. The highest BCUT2D eigenvalue weighted by Crippen LogP contribution is 2.21. The van der Waals surface area contributed by atoms with Crippen LogP contribution in [0.3, 0.4) is 0 Å². The largest absolute Gasteiger partial charge is 0.296 e. The van der Waals surface area contributed by atoms with E-state index < -0.39 is 0 Å². The molecule has 56 valence electrons. The molecule has 1 rings (SSSR count). The number of carbonyl (C=O) groups is 2. The van der Waals surface area contributed by atoms with Gasteiger partial charge in [0.05, 0.1) is 18.2 Å². The van der Waals surface area contributed by atoms with E-state index in [9.17, 15) is 9.59 Å². The van der Waals surface area contributed by atoms with Gasteiger partial charge >= 0.3 is 0 Å². The molecular weight excluding hydrogens is 208 g/mol. The van der Waals surface area contributed by atoms with E-state index in [2.05, 4.69) is 15.9 Å². The Morgan fingerprint density at radius 3 is 2.73 bits per heavy atom. The van der Waals surface area contributed by atoms with Crippen LogP contribution in [0.2, 0.25) is 0 Å². The van der Waals surface area contributed by atoms with Crippen molar-refractivity contribution >= 4 is 27.5 Å². The van der Waals surface area contributed by atoms with Crippen LogP contribution in [0.5, 0.6) is 0 Å². The first-order valence-electron chi connectivity index (χ1n) is 3.09. The van der Waals surface area contributed by atoms with Gasteiger partial charge in [-0.1, -0.05) is 0 Å². The Balaban J connectivity index is 2.94. The number of hydrogen-bond acceptors (Lipinski definition) is 2. The first-order chi connectivity index (χ1) is 5.11. The molecule has 0 saturated carbocycles. The van der Waals surface area contributed by atoms with Crippen LogP contribution >= 0.6 is 15.9 Å². The van der Waals surface area contributed by atoms with Crippen LogP contribution in [0.15, 0.2) is 23.8 Å². The molecule has 0 N–H and O–H groups in total. The fraction of sp³-hybridized carbons (Fsp3) is 0.125. The molecule has 0 heterocycles. The maximum absolute atomic E-state index is 11.0. The Bertz CT molecular complexity index is 263. The molecule has 0 unspecified atom stereocenters. The summed E-state index contributed by atoms with van der Waals surface area (Å²) in [5.74, 6) is -0.419. The lowest BCUT2D eigenvalue weighted by atomic mass is 10.0. The van der Waals surface area contributed by atoms with E-state index in [0.29, 0.717) is 0 Å². The summed E-state index contributed by atoms with van der Waals surface area (Å²) in [6.45, 7) is 1.38. The molecule has 1 aliphatic carbocycles. The van der Waals surface area contributed by atoms with Crippen LogP contribution in [0.4, 0.5) is 0 Å². The molecule has 0 aromatic heterocycles. The van der Waals surface area contributed by atoms with Crippen LogP contribution in [-0.2, 0) is 9.59 Å². The monoisotopic (exact) mass is 213 g/mol. The number of rotatable bonds is 1. The van der Waals surface area contributed by atoms with Crippen LogP contribution in [0.25, 0.3) is 0 Å². The minimum Gasteiger partial charge on any atom is -0.278 e. The van der Waals surface area contributed by atoms with Gasteiger partial charge in [-0.05, 0) is 0 Å². The summed E-state index contributed by atoms with van der Waals surface area (Å²) < 4.78 is 0. The summed E-state index contributed by atoms with van der Waals surface area (Å²) in [5.41, 5.74) is 0.236. The Morgan fingerprint density at radius 2 is 2.27 bits per heavy atom. The molecule has 0 fully saturated rings. The fourth-order valence-electron chi connectivity index (χ4n) is 0.777. The molecule has 3 heteroatoms. The molecule has 0 aromatic rings. The number of carbonyl (C=O) groups excluding carboxylic acids is 2. The fourth-order valence-corrected chi connectivity index (χ4v) is 1.14. The molecule has 0 spiro atoms. The highest BCUT2D eigenvalue weighted by atomic mass is 79.9. The molecule has 0 atom stereocenters. The summed E-state index contributed by atoms with van der Waals surface area (Å²) in [6.07, 6.45) is 4.53. The Morgan fingerprint density at radius 1 is 1.64 bits per heavy atom. The van der Waals surface area contributed by atoms with Crippen molar-refractivity contribution in [3.8, 4) is 0 Å². The SMILES string of the molecule is CC(=O)C1=C[C+](Br)C=CC1=O. The molecule has 0 amide bonds. The van der Waals surface area contributed by atoms with Gasteiger partial charge in [-0.15, -0.1) is 0 Å². The third kappa shape index (κ3) is 1.80. The quantitative estimate of drug-likeness (QED) is 0.490. The van der Waals surface area contributed by atoms with Crippen molar-refractivity contribution in [3.05, 3.63) is 28.6 Å². The lowest BCUT2D eigenvalue weighted by Gasteiger charge is -1.96. The van der Waals surface area contributed by atoms with E-state index in [1.807, 2.05) is 0 Å². The number of ketones is 2. The summed E-state index contributed by atoms with van der Waals surface area (Å²) in [4.78, 5) is 22.5. The molecule has 2 nitrogen and oxygen atoms in total. The smallest absolute Gasteiger partial charge is 0.278 e. The first-order valence-corrected chi connectivity index (χ1v) is 3.88. The second-order valence-corrected chi connectivity index (χ2v) is 3.11. The minimum atomic E-state index is -0.222. The van der Waals surface area contributed by atoms with Gasteiger partial charge in [0.15, 0.2) is 5.57 Å². The van der Waals surface area contributed by atoms with E-state index in [4.69, 9.17) is 0 Å². The van der Waals surface area contributed by atoms with E-state index in [-0.39, 0.29) is 17.1 Å². The third-order valence-corrected chi connectivity index (χ3v) is 1.81. The average Bonchev–Trinajstić information content (AvgIpc) is 1.94. The maximum Gasteiger partial charge on any atom is 0.296 e. The van der Waals surface area contributed by atoms with Gasteiger partial charge in [-0.2, -0.15) is 0 Å². The van der Waals surface area contributed by atoms with E-state index >= 15 is 0 Å². The molecule has 0 saturated heterocycles. The second kappa shape index (κ2) is 3.05. The third-order valence-electron chi connectivity index (χ3n) is 1.32. The van der Waals surface area contributed by atoms with Gasteiger partial charge in [-0.3, -0.25) is 9.59 Å². The maximum atomic E-state index is 11.0. The van der Waals surface area contributed by atoms with Crippen molar-refractivity contribution in [2.45, 2.75) is 6.92 Å². The molecular formula is C8H6BrO2+. The van der Waals surface area contributed by atoms with Gasteiger partial charge in [0.25, 0.3) is 5.78 Å². The molecule has 0 aromatic carbocycles. The lowest BCUT2D eigenvalue weighted by Crippen LogP contribution is -2.11. The Kier molecular flexibility index (Phi) is 2.29. The van der Waals surface area contributed by atoms with Gasteiger partial charge < -0.3 is 0 Å². The predicted octanol–water partition coefficient (Wildman–Crippen LogP) is 1.57. The van der Waals surface area contributed by atoms with E-state index in [0.717, 1.165) is 4.83 Å². The average molecular weight is 214 g/mol. The first kappa shape index (κ1) is 8.27. The van der Waals surface area contributed by atoms with Gasteiger partial charge in [-0.25, -0.2) is 0 Å². The van der Waals surface area contributed by atoms with Gasteiger partial charge in [0.1, 0.15) is 4.83 Å². The van der Waals surface area contributed by atoms with Crippen molar-refractivity contribution in [3.63, 3.8) is 0 Å². The zero-order valence-corrected chi connectivity index (χ0v) is 7.51. The number of halogens is 1. The van der Waals surface area contributed by atoms with Crippen molar-refractivity contribution in [2.75, 3.05) is 0 Å². The summed E-state index contributed by atoms with van der Waals surface area (Å²) in [7, 11) is 0. The molecule has 1 aliphatic rings. The Hall–Kier alpha value is -0.830. The van der Waals surface area contributed by atoms with Crippen LogP contribution in [0, 0.1) is 4.83 Å². The molecule has 11 heavy (non-hydrogen) atoms. The van der Waals surface area contributed by atoms with Crippen molar-refractivity contribution in [1.82, 2.24) is 0 Å². The summed E-state index contributed by atoms with van der Waals surface area (Å²) >= 11 is 3.17. The van der Waals surface area contributed by atoms with E-state index in [1.54, 1.807) is 6.08 Å². The number of Topliss-reactive ketones (excluding diaryl/α,β-unsaturated/α-hetero) is 1. The highest BCUT2D eigenvalue weighted by Gasteiger charge is 2.25. The van der Waals surface area contributed by atoms with E-state index in [1.165, 1.54) is 19.1 Å². The standard InChI is InChI=1S/C8H6BrO2/c1-5(10)7-4-6(9)2-3-8(7)11/h2-4H,1H3/q+1. The van der Waals surface area contributed by atoms with Crippen LogP contribution in [-0.4, -0.2) is 11.6 Å². The van der Waals surface area contributed by atoms with Crippen LogP contribution in [0.1, 0.15) is 6.92 Å². The highest BCUT2D eigenvalue weighted by molar-refractivity contribution is 9.11. The number of hydrogen-bond donors (Lipinski definition) is 0. The zero-order valence-electron chi connectivity index (χ0n) is 5.93. The predicted molar refractivity (Wildman–Crippen MR) is 45.1 cm³/mol. The summed E-state index contributed by atoms with van der Waals surface area (Å²) in [5, 5.41) is 0. The van der Waals surface area contributed by atoms with Crippen molar-refractivity contribution in [2.24, 2.45) is 0 Å². The van der Waals surface area contributed by atoms with Crippen molar-refractivity contribution < 1.29 is 9.59 Å². The molecule has 0 bridgehead atoms. The Labute approximate surface area is 73.1 Å². The lowest BCUT2D eigenvalue weighted by molar-refractivity contribution is -0.118. The van der Waals surface area contributed by atoms with Crippen molar-refractivity contribution in [1.29, 1.82) is 0 Å². The normalized spacial score (nSPS) is 16.7. The molecule has 0 radical (unpaired) electrons. The summed E-state index contributed by atoms with van der Waals surface area (Å²) in [6, 6.07) is 0. The van der Waals surface area contributed by atoms with Crippen LogP contribution < -0.4 is 0 Å². The topological polar surface area (TPSA) is 34.1 Å². The minimum absolute atomic E-state index is 0.198.